The lowest BCUT2D eigenvalue weighted by molar-refractivity contribution is 0.0365. The molecular formula is C13H21N3O3. The third-order valence-corrected chi connectivity index (χ3v) is 2.55. The van der Waals surface area contributed by atoms with Gasteiger partial charge in [-0.1, -0.05) is 0 Å². The van der Waals surface area contributed by atoms with Gasteiger partial charge in [0.2, 0.25) is 0 Å². The molecule has 1 unspecified atom stereocenters. The Labute approximate surface area is 113 Å². The fourth-order valence-electron chi connectivity index (χ4n) is 1.54. The van der Waals surface area contributed by atoms with E-state index in [1.807, 2.05) is 13.0 Å². The molecule has 0 radical (unpaired) electrons. The minimum absolute atomic E-state index is 0.0360. The first kappa shape index (κ1) is 15.4. The third-order valence-electron chi connectivity index (χ3n) is 2.55. The van der Waals surface area contributed by atoms with E-state index >= 15 is 0 Å². The minimum Gasteiger partial charge on any atom is -0.382 e. The SMILES string of the molecule is CCNC(=O)c1cc(NCC(COC)OC)ccn1. The number of hydrogen-bond acceptors (Lipinski definition) is 5. The number of anilines is 1. The fraction of sp³-hybridized carbons (Fsp3) is 0.538. The number of carbonyl (C=O) groups excluding carboxylic acids is 1. The fourth-order valence-corrected chi connectivity index (χ4v) is 1.54. The van der Waals surface area contributed by atoms with Crippen molar-refractivity contribution < 1.29 is 14.3 Å². The number of nitrogens with one attached hydrogen (secondary N) is 2. The summed E-state index contributed by atoms with van der Waals surface area (Å²) in [5.41, 5.74) is 1.22. The Morgan fingerprint density at radius 2 is 2.26 bits per heavy atom. The standard InChI is InChI=1S/C13H21N3O3/c1-4-14-13(17)12-7-10(5-6-15-12)16-8-11(19-3)9-18-2/h5-7,11H,4,8-9H2,1-3H3,(H,14,17)(H,15,16). The van der Waals surface area contributed by atoms with Crippen molar-refractivity contribution in [1.82, 2.24) is 10.3 Å². The molecule has 0 bridgehead atoms. The molecule has 0 aromatic carbocycles. The van der Waals surface area contributed by atoms with Crippen LogP contribution in [0.15, 0.2) is 18.3 Å². The normalized spacial score (nSPS) is 11.9. The molecular weight excluding hydrogens is 246 g/mol. The van der Waals surface area contributed by atoms with Gasteiger partial charge >= 0.3 is 0 Å². The molecule has 0 aliphatic rings. The average Bonchev–Trinajstić information content (AvgIpc) is 2.44. The van der Waals surface area contributed by atoms with Crippen LogP contribution in [0.3, 0.4) is 0 Å². The second kappa shape index (κ2) is 8.44. The van der Waals surface area contributed by atoms with Crippen LogP contribution < -0.4 is 10.6 Å². The average molecular weight is 267 g/mol. The van der Waals surface area contributed by atoms with Crippen LogP contribution in [-0.4, -0.2) is 50.9 Å². The highest BCUT2D eigenvalue weighted by Crippen LogP contribution is 2.08. The van der Waals surface area contributed by atoms with Gasteiger partial charge in [-0.25, -0.2) is 0 Å². The summed E-state index contributed by atoms with van der Waals surface area (Å²) in [6.45, 7) is 3.56. The van der Waals surface area contributed by atoms with Crippen LogP contribution in [0, 0.1) is 0 Å². The van der Waals surface area contributed by atoms with Gasteiger partial charge in [0.05, 0.1) is 12.7 Å². The van der Waals surface area contributed by atoms with E-state index in [9.17, 15) is 4.79 Å². The quantitative estimate of drug-likeness (QED) is 0.732. The van der Waals surface area contributed by atoms with Crippen LogP contribution in [0.2, 0.25) is 0 Å². The predicted molar refractivity (Wildman–Crippen MR) is 73.4 cm³/mol. The highest BCUT2D eigenvalue weighted by Gasteiger charge is 2.09. The molecule has 1 aromatic rings. The molecule has 0 aliphatic heterocycles. The summed E-state index contributed by atoms with van der Waals surface area (Å²) in [5.74, 6) is -0.175. The third kappa shape index (κ3) is 5.23. The molecule has 6 nitrogen and oxygen atoms in total. The van der Waals surface area contributed by atoms with E-state index < -0.39 is 0 Å². The maximum atomic E-state index is 11.6. The van der Waals surface area contributed by atoms with Gasteiger partial charge < -0.3 is 20.1 Å². The van der Waals surface area contributed by atoms with Crippen LogP contribution in [0.5, 0.6) is 0 Å². The lowest BCUT2D eigenvalue weighted by Crippen LogP contribution is -2.27. The molecule has 1 atom stereocenters. The zero-order chi connectivity index (χ0) is 14.1. The van der Waals surface area contributed by atoms with E-state index in [2.05, 4.69) is 15.6 Å². The van der Waals surface area contributed by atoms with Gasteiger partial charge in [-0.2, -0.15) is 0 Å². The summed E-state index contributed by atoms with van der Waals surface area (Å²) >= 11 is 0. The second-order valence-corrected chi connectivity index (χ2v) is 3.98. The van der Waals surface area contributed by atoms with E-state index in [0.717, 1.165) is 5.69 Å². The minimum atomic E-state index is -0.175. The van der Waals surface area contributed by atoms with Gasteiger partial charge in [-0.3, -0.25) is 9.78 Å². The van der Waals surface area contributed by atoms with Gasteiger partial charge in [0, 0.05) is 39.2 Å². The van der Waals surface area contributed by atoms with E-state index in [0.29, 0.717) is 25.4 Å². The molecule has 1 amide bonds. The number of nitrogens with zero attached hydrogens (tertiary/aromatic N) is 1. The molecule has 106 valence electrons. The van der Waals surface area contributed by atoms with E-state index in [1.54, 1.807) is 26.5 Å². The van der Waals surface area contributed by atoms with Crippen molar-refractivity contribution >= 4 is 11.6 Å². The summed E-state index contributed by atoms with van der Waals surface area (Å²) in [4.78, 5) is 15.7. The Morgan fingerprint density at radius 3 is 2.89 bits per heavy atom. The summed E-state index contributed by atoms with van der Waals surface area (Å²) in [5, 5.41) is 5.90. The Hall–Kier alpha value is -1.66. The largest absolute Gasteiger partial charge is 0.382 e. The number of aromatic nitrogens is 1. The second-order valence-electron chi connectivity index (χ2n) is 3.98. The number of ether oxygens (including phenoxy) is 2. The molecule has 0 aliphatic carbocycles. The van der Waals surface area contributed by atoms with Gasteiger partial charge in [-0.05, 0) is 19.1 Å². The van der Waals surface area contributed by atoms with E-state index in [1.165, 1.54) is 0 Å². The van der Waals surface area contributed by atoms with Gasteiger partial charge in [0.15, 0.2) is 0 Å². The molecule has 1 rings (SSSR count). The maximum absolute atomic E-state index is 11.6. The number of carbonyl (C=O) groups is 1. The summed E-state index contributed by atoms with van der Waals surface area (Å²) in [6.07, 6.45) is 1.57. The zero-order valence-electron chi connectivity index (χ0n) is 11.6. The molecule has 1 heterocycles. The summed E-state index contributed by atoms with van der Waals surface area (Å²) in [7, 11) is 3.27. The highest BCUT2D eigenvalue weighted by molar-refractivity contribution is 5.93. The first-order valence-electron chi connectivity index (χ1n) is 6.21. The Morgan fingerprint density at radius 1 is 1.47 bits per heavy atom. The van der Waals surface area contributed by atoms with Gasteiger partial charge in [-0.15, -0.1) is 0 Å². The first-order valence-corrected chi connectivity index (χ1v) is 6.21. The molecule has 1 aromatic heterocycles. The number of pyridine rings is 1. The first-order chi connectivity index (χ1) is 9.21. The summed E-state index contributed by atoms with van der Waals surface area (Å²) < 4.78 is 10.3. The Balaban J connectivity index is 2.59. The summed E-state index contributed by atoms with van der Waals surface area (Å²) in [6, 6.07) is 3.52. The number of amides is 1. The van der Waals surface area contributed by atoms with Crippen molar-refractivity contribution in [1.29, 1.82) is 0 Å². The molecule has 19 heavy (non-hydrogen) atoms. The predicted octanol–water partition coefficient (Wildman–Crippen LogP) is 0.905. The molecule has 2 N–H and O–H groups in total. The highest BCUT2D eigenvalue weighted by atomic mass is 16.5. The lowest BCUT2D eigenvalue weighted by Gasteiger charge is -2.16. The smallest absolute Gasteiger partial charge is 0.269 e. The van der Waals surface area contributed by atoms with Crippen molar-refractivity contribution in [3.8, 4) is 0 Å². The van der Waals surface area contributed by atoms with Crippen molar-refractivity contribution in [2.75, 3.05) is 39.2 Å². The van der Waals surface area contributed by atoms with Crippen LogP contribution in [0.1, 0.15) is 17.4 Å². The maximum Gasteiger partial charge on any atom is 0.269 e. The number of rotatable bonds is 8. The monoisotopic (exact) mass is 267 g/mol. The van der Waals surface area contributed by atoms with Crippen LogP contribution >= 0.6 is 0 Å². The molecule has 0 spiro atoms. The van der Waals surface area contributed by atoms with Crippen molar-refractivity contribution in [3.05, 3.63) is 24.0 Å². The molecule has 0 saturated carbocycles. The zero-order valence-corrected chi connectivity index (χ0v) is 11.6. The van der Waals surface area contributed by atoms with Crippen molar-refractivity contribution in [2.45, 2.75) is 13.0 Å². The molecule has 0 saturated heterocycles. The number of hydrogen-bond donors (Lipinski definition) is 2. The van der Waals surface area contributed by atoms with Crippen LogP contribution in [0.4, 0.5) is 5.69 Å². The van der Waals surface area contributed by atoms with Gasteiger partial charge in [0.25, 0.3) is 5.91 Å². The van der Waals surface area contributed by atoms with Crippen molar-refractivity contribution in [3.63, 3.8) is 0 Å². The van der Waals surface area contributed by atoms with Gasteiger partial charge in [0.1, 0.15) is 5.69 Å². The van der Waals surface area contributed by atoms with E-state index in [-0.39, 0.29) is 12.0 Å². The van der Waals surface area contributed by atoms with E-state index in [4.69, 9.17) is 9.47 Å². The van der Waals surface area contributed by atoms with Crippen LogP contribution in [0.25, 0.3) is 0 Å². The van der Waals surface area contributed by atoms with Crippen molar-refractivity contribution in [2.24, 2.45) is 0 Å². The Kier molecular flexibility index (Phi) is 6.84. The molecule has 6 heteroatoms. The Bertz CT molecular complexity index is 398. The topological polar surface area (TPSA) is 72.5 Å². The van der Waals surface area contributed by atoms with Crippen LogP contribution in [-0.2, 0) is 9.47 Å². The number of methoxy groups -OCH3 is 2. The lowest BCUT2D eigenvalue weighted by atomic mass is 10.3. The molecule has 0 fully saturated rings.